The van der Waals surface area contributed by atoms with E-state index in [0.29, 0.717) is 38.0 Å². The van der Waals surface area contributed by atoms with Crippen LogP contribution in [-0.2, 0) is 17.8 Å². The molecule has 4 nitrogen and oxygen atoms in total. The van der Waals surface area contributed by atoms with E-state index in [4.69, 9.17) is 27.9 Å². The zero-order chi connectivity index (χ0) is 23.4. The van der Waals surface area contributed by atoms with Gasteiger partial charge in [0.05, 0.1) is 20.6 Å². The Bertz CT molecular complexity index is 1210. The quantitative estimate of drug-likeness (QED) is 0.363. The molecule has 33 heavy (non-hydrogen) atoms. The van der Waals surface area contributed by atoms with E-state index in [-0.39, 0.29) is 5.91 Å². The molecule has 0 radical (unpaired) electrons. The van der Waals surface area contributed by atoms with Gasteiger partial charge in [0.2, 0.25) is 0 Å². The molecule has 0 unspecified atom stereocenters. The molecule has 0 atom stereocenters. The summed E-state index contributed by atoms with van der Waals surface area (Å²) in [5.74, 6) is 0.207. The van der Waals surface area contributed by atoms with Gasteiger partial charge < -0.3 is 10.1 Å². The molecule has 4 rings (SSSR count). The molecule has 1 saturated heterocycles. The van der Waals surface area contributed by atoms with Gasteiger partial charge in [-0.2, -0.15) is 0 Å². The summed E-state index contributed by atoms with van der Waals surface area (Å²) in [7, 11) is 0. The number of benzene rings is 3. The first-order chi connectivity index (χ1) is 15.9. The second-order valence-corrected chi connectivity index (χ2v) is 9.43. The minimum atomic E-state index is -0.212. The molecule has 0 aliphatic carbocycles. The Hall–Kier alpha value is -2.73. The minimum Gasteiger partial charge on any atom is -0.486 e. The third kappa shape index (κ3) is 5.99. The highest BCUT2D eigenvalue weighted by atomic mass is 35.5. The van der Waals surface area contributed by atoms with Crippen LogP contribution in [0.15, 0.2) is 70.6 Å². The van der Waals surface area contributed by atoms with Crippen LogP contribution in [0.5, 0.6) is 5.75 Å². The number of carbonyl (C=O) groups excluding carboxylic acids is 1. The fourth-order valence-electron chi connectivity index (χ4n) is 3.20. The zero-order valence-corrected chi connectivity index (χ0v) is 20.5. The van der Waals surface area contributed by atoms with Gasteiger partial charge >= 0.3 is 0 Å². The summed E-state index contributed by atoms with van der Waals surface area (Å²) in [4.78, 5) is 17.5. The highest BCUT2D eigenvalue weighted by Gasteiger charge is 2.24. The van der Waals surface area contributed by atoms with E-state index < -0.39 is 0 Å². The number of amides is 1. The molecule has 0 aromatic heterocycles. The van der Waals surface area contributed by atoms with Crippen LogP contribution in [0.3, 0.4) is 0 Å². The molecule has 1 amide bonds. The third-order valence-electron chi connectivity index (χ3n) is 5.05. The molecule has 3 aromatic carbocycles. The largest absolute Gasteiger partial charge is 0.486 e. The molecule has 0 saturated carbocycles. The molecule has 168 valence electrons. The summed E-state index contributed by atoms with van der Waals surface area (Å²) in [6.07, 6.45) is 2.71. The lowest BCUT2D eigenvalue weighted by Gasteiger charge is -2.11. The molecular formula is C26H22Cl2N2O2S. The van der Waals surface area contributed by atoms with Gasteiger partial charge in [0.1, 0.15) is 6.61 Å². The lowest BCUT2D eigenvalue weighted by Crippen LogP contribution is -2.19. The fourth-order valence-corrected chi connectivity index (χ4v) is 4.65. The zero-order valence-electron chi connectivity index (χ0n) is 18.2. The lowest BCUT2D eigenvalue weighted by molar-refractivity contribution is -0.115. The van der Waals surface area contributed by atoms with Gasteiger partial charge in [-0.15, -0.1) is 0 Å². The number of hydrogen-bond acceptors (Lipinski definition) is 4. The van der Waals surface area contributed by atoms with Gasteiger partial charge in [-0.25, -0.2) is 4.99 Å². The third-order valence-corrected chi connectivity index (χ3v) is 6.52. The summed E-state index contributed by atoms with van der Waals surface area (Å²) in [5.41, 5.74) is 4.94. The van der Waals surface area contributed by atoms with Crippen molar-refractivity contribution in [1.82, 2.24) is 5.32 Å². The van der Waals surface area contributed by atoms with Crippen molar-refractivity contribution in [3.63, 3.8) is 0 Å². The number of nitrogens with one attached hydrogen (secondary N) is 1. The van der Waals surface area contributed by atoms with Crippen LogP contribution in [0.2, 0.25) is 10.0 Å². The van der Waals surface area contributed by atoms with Crippen molar-refractivity contribution in [2.24, 2.45) is 4.99 Å². The van der Waals surface area contributed by atoms with Crippen molar-refractivity contribution >= 4 is 57.8 Å². The maximum Gasteiger partial charge on any atom is 0.264 e. The standard InChI is InChI=1S/C26H22Cl2N2O2S/c1-3-17-8-10-20(11-9-17)29-26-30-25(31)23(33-26)14-19-12-21(27)24(22(28)13-19)32-15-18-6-4-16(2)5-7-18/h4-14H,3,15H2,1-2H3,(H,29,30,31)/b23-14-. The van der Waals surface area contributed by atoms with E-state index in [9.17, 15) is 4.79 Å². The van der Waals surface area contributed by atoms with Gasteiger partial charge in [0, 0.05) is 0 Å². The highest BCUT2D eigenvalue weighted by Crippen LogP contribution is 2.37. The number of carbonyl (C=O) groups is 1. The van der Waals surface area contributed by atoms with E-state index in [0.717, 1.165) is 17.7 Å². The first-order valence-electron chi connectivity index (χ1n) is 10.5. The molecule has 0 spiro atoms. The number of aryl methyl sites for hydroxylation is 2. The topological polar surface area (TPSA) is 50.7 Å². The van der Waals surface area contributed by atoms with Crippen LogP contribution in [0, 0.1) is 6.92 Å². The lowest BCUT2D eigenvalue weighted by atomic mass is 10.1. The molecule has 1 fully saturated rings. The number of rotatable bonds is 6. The van der Waals surface area contributed by atoms with Crippen LogP contribution >= 0.6 is 35.0 Å². The first-order valence-corrected chi connectivity index (χ1v) is 12.0. The predicted octanol–water partition coefficient (Wildman–Crippen LogP) is 7.33. The number of amidine groups is 1. The van der Waals surface area contributed by atoms with E-state index >= 15 is 0 Å². The molecule has 0 bridgehead atoms. The maximum atomic E-state index is 12.4. The minimum absolute atomic E-state index is 0.212. The van der Waals surface area contributed by atoms with E-state index in [1.165, 1.54) is 22.9 Å². The van der Waals surface area contributed by atoms with Crippen molar-refractivity contribution in [3.8, 4) is 5.75 Å². The van der Waals surface area contributed by atoms with Crippen molar-refractivity contribution in [2.75, 3.05) is 0 Å². The Labute approximate surface area is 207 Å². The smallest absolute Gasteiger partial charge is 0.264 e. The molecule has 1 aliphatic rings. The Morgan fingerprint density at radius 3 is 2.27 bits per heavy atom. The number of halogens is 2. The monoisotopic (exact) mass is 496 g/mol. The summed E-state index contributed by atoms with van der Waals surface area (Å²) in [6.45, 7) is 4.50. The van der Waals surface area contributed by atoms with E-state index in [1.54, 1.807) is 18.2 Å². The van der Waals surface area contributed by atoms with Gasteiger partial charge in [0.25, 0.3) is 5.91 Å². The average molecular weight is 497 g/mol. The Morgan fingerprint density at radius 2 is 1.64 bits per heavy atom. The maximum absolute atomic E-state index is 12.4. The Kier molecular flexibility index (Phi) is 7.43. The molecule has 7 heteroatoms. The van der Waals surface area contributed by atoms with Crippen LogP contribution < -0.4 is 10.1 Å². The molecule has 1 aliphatic heterocycles. The van der Waals surface area contributed by atoms with Gasteiger partial charge in [-0.05, 0) is 72.1 Å². The summed E-state index contributed by atoms with van der Waals surface area (Å²) < 4.78 is 5.85. The highest BCUT2D eigenvalue weighted by molar-refractivity contribution is 8.18. The van der Waals surface area contributed by atoms with Crippen molar-refractivity contribution in [2.45, 2.75) is 26.9 Å². The van der Waals surface area contributed by atoms with Crippen molar-refractivity contribution < 1.29 is 9.53 Å². The molecule has 1 N–H and O–H groups in total. The molecule has 1 heterocycles. The molecular weight excluding hydrogens is 475 g/mol. The summed E-state index contributed by atoms with van der Waals surface area (Å²) >= 11 is 14.2. The number of aliphatic imine (C=N–C) groups is 1. The second kappa shape index (κ2) is 10.5. The first kappa shape index (κ1) is 23.4. The van der Waals surface area contributed by atoms with E-state index in [2.05, 4.69) is 17.2 Å². The number of ether oxygens (including phenoxy) is 1. The second-order valence-electron chi connectivity index (χ2n) is 7.59. The van der Waals surface area contributed by atoms with Crippen LogP contribution in [0.25, 0.3) is 6.08 Å². The SMILES string of the molecule is CCc1ccc(N=C2NC(=O)/C(=C/c3cc(Cl)c(OCc4ccc(C)cc4)c(Cl)c3)S2)cc1. The van der Waals surface area contributed by atoms with Crippen molar-refractivity contribution in [3.05, 3.63) is 97.9 Å². The predicted molar refractivity (Wildman–Crippen MR) is 139 cm³/mol. The van der Waals surface area contributed by atoms with Crippen LogP contribution in [0.4, 0.5) is 5.69 Å². The fraction of sp³-hybridized carbons (Fsp3) is 0.154. The molecule has 3 aromatic rings. The van der Waals surface area contributed by atoms with E-state index in [1.807, 2.05) is 55.5 Å². The Balaban J connectivity index is 1.48. The number of nitrogens with zero attached hydrogens (tertiary/aromatic N) is 1. The van der Waals surface area contributed by atoms with Crippen LogP contribution in [0.1, 0.15) is 29.2 Å². The van der Waals surface area contributed by atoms with Crippen molar-refractivity contribution in [1.29, 1.82) is 0 Å². The van der Waals surface area contributed by atoms with Crippen LogP contribution in [-0.4, -0.2) is 11.1 Å². The van der Waals surface area contributed by atoms with Gasteiger partial charge in [-0.1, -0.05) is 72.1 Å². The van der Waals surface area contributed by atoms with Gasteiger partial charge in [0.15, 0.2) is 10.9 Å². The average Bonchev–Trinajstić information content (AvgIpc) is 3.13. The van der Waals surface area contributed by atoms with Gasteiger partial charge in [-0.3, -0.25) is 4.79 Å². The number of thioether (sulfide) groups is 1. The number of hydrogen-bond donors (Lipinski definition) is 1. The summed E-state index contributed by atoms with van der Waals surface area (Å²) in [6, 6.07) is 19.5. The Morgan fingerprint density at radius 1 is 1.00 bits per heavy atom. The normalized spacial score (nSPS) is 15.8. The summed E-state index contributed by atoms with van der Waals surface area (Å²) in [5, 5.41) is 4.10.